The summed E-state index contributed by atoms with van der Waals surface area (Å²) in [5.74, 6) is -1.21. The van der Waals surface area contributed by atoms with E-state index in [0.717, 1.165) is 19.3 Å². The lowest BCUT2D eigenvalue weighted by molar-refractivity contribution is -0.385. The molecule has 0 spiro atoms. The summed E-state index contributed by atoms with van der Waals surface area (Å²) < 4.78 is 5.02. The molecule has 8 heteroatoms. The molecule has 0 bridgehead atoms. The predicted molar refractivity (Wildman–Crippen MR) is 112 cm³/mol. The Balaban J connectivity index is 1.88. The van der Waals surface area contributed by atoms with E-state index in [9.17, 15) is 24.5 Å². The van der Waals surface area contributed by atoms with Crippen LogP contribution in [0.1, 0.15) is 58.9 Å². The molecule has 0 heterocycles. The Bertz CT molecular complexity index is 937. The molecule has 0 unspecified atom stereocenters. The van der Waals surface area contributed by atoms with Crippen LogP contribution in [0.15, 0.2) is 42.5 Å². The second-order valence-electron chi connectivity index (χ2n) is 6.84. The predicted octanol–water partition coefficient (Wildman–Crippen LogP) is 4.46. The number of unbranched alkanes of at least 4 members (excludes halogenated alkanes) is 2. The summed E-state index contributed by atoms with van der Waals surface area (Å²) in [6.07, 6.45) is 3.32. The zero-order valence-corrected chi connectivity index (χ0v) is 17.0. The highest BCUT2D eigenvalue weighted by Crippen LogP contribution is 2.19. The second kappa shape index (κ2) is 10.8. The fourth-order valence-electron chi connectivity index (χ4n) is 2.78. The summed E-state index contributed by atoms with van der Waals surface area (Å²) in [6.45, 7) is 3.12. The Morgan fingerprint density at radius 3 is 2.30 bits per heavy atom. The fourth-order valence-corrected chi connectivity index (χ4v) is 2.78. The van der Waals surface area contributed by atoms with Crippen LogP contribution in [0, 0.1) is 17.0 Å². The standard InChI is InChI=1S/C22H24N2O6/c1-3-4-5-6-21(26)23-18-10-7-16(8-11-18)20(25)14-30-22(27)17-9-12-19(24(28)29)15(2)13-17/h7-13H,3-6,14H2,1-2H3,(H,23,26). The smallest absolute Gasteiger partial charge is 0.338 e. The number of nitrogens with zero attached hydrogens (tertiary/aromatic N) is 1. The van der Waals surface area contributed by atoms with Crippen LogP contribution in [0.4, 0.5) is 11.4 Å². The van der Waals surface area contributed by atoms with Gasteiger partial charge in [-0.2, -0.15) is 0 Å². The van der Waals surface area contributed by atoms with E-state index < -0.39 is 23.3 Å². The first kappa shape index (κ1) is 22.7. The third-order valence-electron chi connectivity index (χ3n) is 4.46. The minimum Gasteiger partial charge on any atom is -0.454 e. The molecule has 2 aromatic carbocycles. The van der Waals surface area contributed by atoms with Crippen molar-refractivity contribution in [2.75, 3.05) is 11.9 Å². The number of hydrogen-bond acceptors (Lipinski definition) is 6. The number of carbonyl (C=O) groups is 3. The van der Waals surface area contributed by atoms with Crippen molar-refractivity contribution >= 4 is 29.0 Å². The lowest BCUT2D eigenvalue weighted by atomic mass is 10.1. The van der Waals surface area contributed by atoms with Crippen molar-refractivity contribution in [3.8, 4) is 0 Å². The Hall–Kier alpha value is -3.55. The van der Waals surface area contributed by atoms with Crippen LogP contribution < -0.4 is 5.32 Å². The summed E-state index contributed by atoms with van der Waals surface area (Å²) in [5, 5.41) is 13.6. The zero-order valence-electron chi connectivity index (χ0n) is 17.0. The normalized spacial score (nSPS) is 10.3. The van der Waals surface area contributed by atoms with E-state index in [1.54, 1.807) is 24.3 Å². The van der Waals surface area contributed by atoms with Gasteiger partial charge >= 0.3 is 5.97 Å². The van der Waals surface area contributed by atoms with Gasteiger partial charge in [0.05, 0.1) is 10.5 Å². The topological polar surface area (TPSA) is 116 Å². The van der Waals surface area contributed by atoms with Crippen LogP contribution >= 0.6 is 0 Å². The van der Waals surface area contributed by atoms with Crippen LogP contribution in [0.2, 0.25) is 0 Å². The van der Waals surface area contributed by atoms with Gasteiger partial charge in [-0.05, 0) is 49.7 Å². The number of aryl methyl sites for hydroxylation is 1. The van der Waals surface area contributed by atoms with Crippen molar-refractivity contribution in [3.63, 3.8) is 0 Å². The SMILES string of the molecule is CCCCCC(=O)Nc1ccc(C(=O)COC(=O)c2ccc([N+](=O)[O-])c(C)c2)cc1. The Morgan fingerprint density at radius 1 is 1.03 bits per heavy atom. The molecule has 2 rings (SSSR count). The number of carbonyl (C=O) groups excluding carboxylic acids is 3. The van der Waals surface area contributed by atoms with Crippen molar-refractivity contribution < 1.29 is 24.0 Å². The molecule has 0 atom stereocenters. The molecule has 30 heavy (non-hydrogen) atoms. The molecule has 0 aliphatic carbocycles. The molecule has 1 N–H and O–H groups in total. The number of amides is 1. The highest BCUT2D eigenvalue weighted by Gasteiger charge is 2.16. The molecule has 0 saturated heterocycles. The molecule has 158 valence electrons. The lowest BCUT2D eigenvalue weighted by Crippen LogP contribution is -2.15. The molecule has 2 aromatic rings. The summed E-state index contributed by atoms with van der Waals surface area (Å²) in [6, 6.07) is 10.2. The van der Waals surface area contributed by atoms with E-state index >= 15 is 0 Å². The first-order valence-corrected chi connectivity index (χ1v) is 9.67. The summed E-state index contributed by atoms with van der Waals surface area (Å²) >= 11 is 0. The molecule has 1 amide bonds. The van der Waals surface area contributed by atoms with Crippen LogP contribution in [0.5, 0.6) is 0 Å². The van der Waals surface area contributed by atoms with E-state index in [2.05, 4.69) is 12.2 Å². The van der Waals surface area contributed by atoms with Gasteiger partial charge in [0.1, 0.15) is 0 Å². The fraction of sp³-hybridized carbons (Fsp3) is 0.318. The number of ketones is 1. The number of benzene rings is 2. The maximum Gasteiger partial charge on any atom is 0.338 e. The van der Waals surface area contributed by atoms with Gasteiger partial charge in [0.15, 0.2) is 12.4 Å². The van der Waals surface area contributed by atoms with E-state index in [0.29, 0.717) is 23.2 Å². The van der Waals surface area contributed by atoms with Crippen LogP contribution in [-0.4, -0.2) is 29.2 Å². The van der Waals surface area contributed by atoms with Crippen molar-refractivity contribution in [3.05, 3.63) is 69.3 Å². The van der Waals surface area contributed by atoms with Crippen molar-refractivity contribution in [2.24, 2.45) is 0 Å². The monoisotopic (exact) mass is 412 g/mol. The van der Waals surface area contributed by atoms with Gasteiger partial charge in [-0.15, -0.1) is 0 Å². The van der Waals surface area contributed by atoms with Crippen molar-refractivity contribution in [1.82, 2.24) is 0 Å². The van der Waals surface area contributed by atoms with Gasteiger partial charge in [-0.1, -0.05) is 19.8 Å². The number of hydrogen-bond donors (Lipinski definition) is 1. The van der Waals surface area contributed by atoms with Crippen molar-refractivity contribution in [1.29, 1.82) is 0 Å². The summed E-state index contributed by atoms with van der Waals surface area (Å²) in [4.78, 5) is 46.5. The van der Waals surface area contributed by atoms with Gasteiger partial charge < -0.3 is 10.1 Å². The van der Waals surface area contributed by atoms with Crippen LogP contribution in [-0.2, 0) is 9.53 Å². The number of anilines is 1. The van der Waals surface area contributed by atoms with Gasteiger partial charge in [-0.25, -0.2) is 4.79 Å². The van der Waals surface area contributed by atoms with Gasteiger partial charge in [0.25, 0.3) is 5.69 Å². The maximum absolute atomic E-state index is 12.2. The molecular weight excluding hydrogens is 388 g/mol. The van der Waals surface area contributed by atoms with Gasteiger partial charge in [0.2, 0.25) is 5.91 Å². The van der Waals surface area contributed by atoms with Crippen molar-refractivity contribution in [2.45, 2.75) is 39.5 Å². The highest BCUT2D eigenvalue weighted by atomic mass is 16.6. The van der Waals surface area contributed by atoms with Crippen LogP contribution in [0.3, 0.4) is 0 Å². The number of nitro benzene ring substituents is 1. The minimum atomic E-state index is -0.739. The average molecular weight is 412 g/mol. The highest BCUT2D eigenvalue weighted by molar-refractivity contribution is 6.00. The van der Waals surface area contributed by atoms with E-state index in [1.807, 2.05) is 0 Å². The van der Waals surface area contributed by atoms with Gasteiger partial charge in [0, 0.05) is 29.3 Å². The van der Waals surface area contributed by atoms with E-state index in [4.69, 9.17) is 4.74 Å². The quantitative estimate of drug-likeness (QED) is 0.202. The molecule has 0 radical (unpaired) electrons. The average Bonchev–Trinajstić information content (AvgIpc) is 2.72. The minimum absolute atomic E-state index is 0.0742. The number of nitro groups is 1. The molecule has 0 aliphatic rings. The van der Waals surface area contributed by atoms with E-state index in [-0.39, 0.29) is 17.2 Å². The Kier molecular flexibility index (Phi) is 8.22. The first-order valence-electron chi connectivity index (χ1n) is 9.67. The summed E-state index contributed by atoms with van der Waals surface area (Å²) in [5.41, 5.74) is 1.29. The Morgan fingerprint density at radius 2 is 1.70 bits per heavy atom. The molecule has 0 saturated carbocycles. The number of Topliss-reactive ketones (excluding diaryl/α,β-unsaturated/α-hetero) is 1. The first-order chi connectivity index (χ1) is 14.3. The summed E-state index contributed by atoms with van der Waals surface area (Å²) in [7, 11) is 0. The third kappa shape index (κ3) is 6.51. The zero-order chi connectivity index (χ0) is 22.1. The molecular formula is C22H24N2O6. The Labute approximate surface area is 174 Å². The van der Waals surface area contributed by atoms with Crippen LogP contribution in [0.25, 0.3) is 0 Å². The van der Waals surface area contributed by atoms with E-state index in [1.165, 1.54) is 25.1 Å². The number of ether oxygens (including phenoxy) is 1. The number of esters is 1. The lowest BCUT2D eigenvalue weighted by Gasteiger charge is -2.07. The second-order valence-corrected chi connectivity index (χ2v) is 6.84. The number of rotatable bonds is 10. The number of nitrogens with one attached hydrogen (secondary N) is 1. The molecule has 0 aliphatic heterocycles. The molecule has 0 fully saturated rings. The third-order valence-corrected chi connectivity index (χ3v) is 4.46. The maximum atomic E-state index is 12.2. The largest absolute Gasteiger partial charge is 0.454 e. The molecule has 8 nitrogen and oxygen atoms in total. The molecule has 0 aromatic heterocycles. The van der Waals surface area contributed by atoms with Gasteiger partial charge in [-0.3, -0.25) is 19.7 Å².